The number of hydrogen-bond acceptors (Lipinski definition) is 0. The minimum absolute atomic E-state index is 0.388. The number of aromatic nitrogens is 2. The zero-order valence-corrected chi connectivity index (χ0v) is 27.3. The van der Waals surface area contributed by atoms with E-state index in [2.05, 4.69) is 136 Å². The van der Waals surface area contributed by atoms with Gasteiger partial charge in [-0.15, -0.1) is 0 Å². The zero-order chi connectivity index (χ0) is 35.3. The molecular formula is C48H30N2. The molecule has 50 heavy (non-hydrogen) atoms. The van der Waals surface area contributed by atoms with E-state index in [0.29, 0.717) is 5.56 Å². The van der Waals surface area contributed by atoms with Crippen LogP contribution in [-0.4, -0.2) is 8.80 Å². The normalized spacial score (nSPS) is 13.7. The van der Waals surface area contributed by atoms with Crippen molar-refractivity contribution in [3.05, 3.63) is 157 Å². The first-order valence-electron chi connectivity index (χ1n) is 18.8. The lowest BCUT2D eigenvalue weighted by molar-refractivity contribution is 1.35. The van der Waals surface area contributed by atoms with Crippen molar-refractivity contribution in [1.82, 2.24) is 8.80 Å². The quantitative estimate of drug-likeness (QED) is 0.178. The Balaban J connectivity index is 1.25. The molecule has 0 N–H and O–H groups in total. The van der Waals surface area contributed by atoms with Gasteiger partial charge < -0.3 is 8.80 Å². The second kappa shape index (κ2) is 9.19. The first kappa shape index (κ1) is 23.9. The highest BCUT2D eigenvalue weighted by Crippen LogP contribution is 2.49. The van der Waals surface area contributed by atoms with Crippen LogP contribution < -0.4 is 0 Å². The third kappa shape index (κ3) is 3.15. The van der Waals surface area contributed by atoms with Crippen molar-refractivity contribution < 1.29 is 4.11 Å². The number of aryl methyl sites for hydroxylation is 2. The highest BCUT2D eigenvalue weighted by molar-refractivity contribution is 6.33. The number of nitrogens with zero attached hydrogens (tertiary/aromatic N) is 2. The molecule has 0 radical (unpaired) electrons. The second-order valence-corrected chi connectivity index (χ2v) is 13.9. The van der Waals surface area contributed by atoms with Crippen LogP contribution >= 0.6 is 0 Å². The average molecular weight is 638 g/mol. The van der Waals surface area contributed by atoms with Gasteiger partial charge >= 0.3 is 0 Å². The standard InChI is InChI=1S/C48H30N2/c1-27-10-7-11-28(2)43(27)31-22-20-30-25-32(23-21-29(30)24-31)44-47-39(37-16-8-14-35-33-12-3-5-18-41(33)49(47)45(35)37)26-40-38-17-9-15-36-34-13-4-6-19-42(34)50(46(36)38)48(40)44/h3-26H,1-2H3/i1D3. The van der Waals surface area contributed by atoms with Crippen LogP contribution in [0, 0.1) is 13.8 Å². The molecule has 0 atom stereocenters. The van der Waals surface area contributed by atoms with Crippen molar-refractivity contribution in [3.63, 3.8) is 0 Å². The Bertz CT molecular complexity index is 3350. The predicted octanol–water partition coefficient (Wildman–Crippen LogP) is 13.1. The summed E-state index contributed by atoms with van der Waals surface area (Å²) >= 11 is 0. The Morgan fingerprint density at radius 2 is 0.840 bits per heavy atom. The van der Waals surface area contributed by atoms with Crippen molar-refractivity contribution in [2.45, 2.75) is 13.8 Å². The van der Waals surface area contributed by atoms with Crippen LogP contribution in [0.4, 0.5) is 0 Å². The van der Waals surface area contributed by atoms with E-state index in [0.717, 1.165) is 33.0 Å². The molecular weight excluding hydrogens is 605 g/mol. The SMILES string of the molecule is [2H]C([2H])([2H])c1cccc(C)c1-c1ccc2cc(-c3c4c(cc5c6cccc7c8ccccc8n(c35)c76)c3cccc5c6ccccc6n4c53)ccc2c1. The highest BCUT2D eigenvalue weighted by atomic mass is 14.9. The fraction of sp³-hybridized carbons (Fsp3) is 0.0417. The minimum atomic E-state index is -2.20. The molecule has 12 aromatic rings. The summed E-state index contributed by atoms with van der Waals surface area (Å²) in [6.07, 6.45) is 0. The Morgan fingerprint density at radius 1 is 0.380 bits per heavy atom. The van der Waals surface area contributed by atoms with Crippen molar-refractivity contribution in [2.24, 2.45) is 0 Å². The van der Waals surface area contributed by atoms with Gasteiger partial charge in [-0.25, -0.2) is 0 Å². The number of hydrogen-bond donors (Lipinski definition) is 0. The lowest BCUT2D eigenvalue weighted by atomic mass is 9.92. The first-order chi connectivity index (χ1) is 25.9. The van der Waals surface area contributed by atoms with E-state index in [9.17, 15) is 0 Å². The summed E-state index contributed by atoms with van der Waals surface area (Å²) in [5.41, 5.74) is 12.8. The predicted molar refractivity (Wildman–Crippen MR) is 214 cm³/mol. The number of benzene rings is 8. The monoisotopic (exact) mass is 637 g/mol. The molecule has 0 fully saturated rings. The second-order valence-electron chi connectivity index (χ2n) is 13.9. The fourth-order valence-corrected chi connectivity index (χ4v) is 9.36. The maximum absolute atomic E-state index is 8.25. The number of rotatable bonds is 2. The van der Waals surface area contributed by atoms with Gasteiger partial charge in [0.25, 0.3) is 0 Å². The molecule has 0 saturated carbocycles. The largest absolute Gasteiger partial charge is 0.307 e. The molecule has 12 rings (SSSR count). The van der Waals surface area contributed by atoms with E-state index in [1.165, 1.54) is 81.8 Å². The van der Waals surface area contributed by atoms with E-state index >= 15 is 0 Å². The molecule has 232 valence electrons. The Kier molecular flexibility index (Phi) is 4.39. The van der Waals surface area contributed by atoms with Crippen LogP contribution in [0.3, 0.4) is 0 Å². The van der Waals surface area contributed by atoms with Crippen molar-refractivity contribution in [3.8, 4) is 22.3 Å². The van der Waals surface area contributed by atoms with E-state index < -0.39 is 6.85 Å². The molecule has 0 bridgehead atoms. The maximum Gasteiger partial charge on any atom is 0.0641 e. The summed E-state index contributed by atoms with van der Waals surface area (Å²) < 4.78 is 29.8. The molecule has 0 aliphatic heterocycles. The van der Waals surface area contributed by atoms with E-state index in [-0.39, 0.29) is 0 Å². The summed E-state index contributed by atoms with van der Waals surface area (Å²) in [7, 11) is 0. The first-order valence-corrected chi connectivity index (χ1v) is 17.3. The Hall–Kier alpha value is -6.38. The third-order valence-electron chi connectivity index (χ3n) is 11.4. The highest BCUT2D eigenvalue weighted by Gasteiger charge is 2.26. The summed E-state index contributed by atoms with van der Waals surface area (Å²) in [5.74, 6) is 0. The Morgan fingerprint density at radius 3 is 1.40 bits per heavy atom. The van der Waals surface area contributed by atoms with Gasteiger partial charge in [-0.2, -0.15) is 0 Å². The lowest BCUT2D eigenvalue weighted by Crippen LogP contribution is -1.92. The molecule has 0 spiro atoms. The minimum Gasteiger partial charge on any atom is -0.307 e. The molecule has 0 aliphatic rings. The van der Waals surface area contributed by atoms with Crippen LogP contribution in [0.1, 0.15) is 15.2 Å². The van der Waals surface area contributed by atoms with Gasteiger partial charge in [-0.1, -0.05) is 115 Å². The average Bonchev–Trinajstić information content (AvgIpc) is 3.90. The molecule has 4 heterocycles. The van der Waals surface area contributed by atoms with Gasteiger partial charge in [0.15, 0.2) is 0 Å². The molecule has 2 nitrogen and oxygen atoms in total. The van der Waals surface area contributed by atoms with Crippen molar-refractivity contribution in [2.75, 3.05) is 0 Å². The van der Waals surface area contributed by atoms with E-state index in [1.54, 1.807) is 6.07 Å². The third-order valence-corrected chi connectivity index (χ3v) is 11.4. The van der Waals surface area contributed by atoms with Crippen LogP contribution in [-0.2, 0) is 0 Å². The summed E-state index contributed by atoms with van der Waals surface area (Å²) in [6, 6.07) is 52.3. The van der Waals surface area contributed by atoms with Gasteiger partial charge in [0.05, 0.1) is 33.1 Å². The smallest absolute Gasteiger partial charge is 0.0641 e. The van der Waals surface area contributed by atoms with E-state index in [1.807, 2.05) is 19.1 Å². The summed E-state index contributed by atoms with van der Waals surface area (Å²) in [6.45, 7) is -0.209. The summed E-state index contributed by atoms with van der Waals surface area (Å²) in [4.78, 5) is 0. The summed E-state index contributed by atoms with van der Waals surface area (Å²) in [5, 5.41) is 12.3. The molecule has 4 aromatic heterocycles. The van der Waals surface area contributed by atoms with E-state index in [4.69, 9.17) is 4.11 Å². The Labute approximate surface area is 291 Å². The van der Waals surface area contributed by atoms with Crippen molar-refractivity contribution in [1.29, 1.82) is 0 Å². The lowest BCUT2D eigenvalue weighted by Gasteiger charge is -2.13. The van der Waals surface area contributed by atoms with Crippen LogP contribution in [0.25, 0.3) is 109 Å². The van der Waals surface area contributed by atoms with Crippen LogP contribution in [0.5, 0.6) is 0 Å². The van der Waals surface area contributed by atoms with Gasteiger partial charge in [0, 0.05) is 52.8 Å². The fourth-order valence-electron chi connectivity index (χ4n) is 9.36. The zero-order valence-electron chi connectivity index (χ0n) is 30.3. The number of para-hydroxylation sites is 4. The van der Waals surface area contributed by atoms with Crippen LogP contribution in [0.2, 0.25) is 0 Å². The van der Waals surface area contributed by atoms with Gasteiger partial charge in [0.1, 0.15) is 0 Å². The van der Waals surface area contributed by atoms with Crippen molar-refractivity contribution >= 4 is 87.0 Å². The molecule has 2 heteroatoms. The van der Waals surface area contributed by atoms with Gasteiger partial charge in [-0.3, -0.25) is 0 Å². The number of fused-ring (bicyclic) bond motifs is 13. The topological polar surface area (TPSA) is 8.82 Å². The molecule has 0 aliphatic carbocycles. The molecule has 8 aromatic carbocycles. The maximum atomic E-state index is 8.25. The van der Waals surface area contributed by atoms with Gasteiger partial charge in [-0.05, 0) is 82.7 Å². The van der Waals surface area contributed by atoms with Gasteiger partial charge in [0.2, 0.25) is 0 Å². The molecule has 0 saturated heterocycles. The molecule has 0 amide bonds. The molecule has 0 unspecified atom stereocenters. The van der Waals surface area contributed by atoms with Crippen LogP contribution in [0.15, 0.2) is 146 Å².